The number of rotatable bonds is 9. The predicted octanol–water partition coefficient (Wildman–Crippen LogP) is 3.73. The minimum absolute atomic E-state index is 0.00347. The van der Waals surface area contributed by atoms with Crippen molar-refractivity contribution in [1.82, 2.24) is 10.2 Å². The van der Waals surface area contributed by atoms with Crippen LogP contribution in [0.4, 0.5) is 0 Å². The molecule has 1 aromatic heterocycles. The molecule has 0 spiro atoms. The van der Waals surface area contributed by atoms with Gasteiger partial charge in [-0.3, -0.25) is 9.69 Å². The third-order valence-corrected chi connectivity index (χ3v) is 6.17. The predicted molar refractivity (Wildman–Crippen MR) is 113 cm³/mol. The monoisotopic (exact) mass is 402 g/mol. The second-order valence-corrected chi connectivity index (χ2v) is 8.05. The van der Waals surface area contributed by atoms with E-state index in [0.717, 1.165) is 60.8 Å². The largest absolute Gasteiger partial charge is 0.492 e. The molecule has 1 N–H and O–H groups in total. The number of benzene rings is 1. The fourth-order valence-electron chi connectivity index (χ4n) is 3.44. The molecule has 2 heterocycles. The summed E-state index contributed by atoms with van der Waals surface area (Å²) in [7, 11) is 2.15. The zero-order chi connectivity index (χ0) is 19.8. The van der Waals surface area contributed by atoms with Gasteiger partial charge in [0.05, 0.1) is 4.88 Å². The van der Waals surface area contributed by atoms with E-state index < -0.39 is 0 Å². The van der Waals surface area contributed by atoms with Gasteiger partial charge in [-0.1, -0.05) is 19.1 Å². The smallest absolute Gasteiger partial charge is 0.261 e. The number of nitrogens with one attached hydrogen (secondary N) is 1. The first-order valence-corrected chi connectivity index (χ1v) is 10.9. The quantitative estimate of drug-likeness (QED) is 0.694. The molecule has 152 valence electrons. The summed E-state index contributed by atoms with van der Waals surface area (Å²) in [5, 5.41) is 4.99. The molecule has 1 aromatic carbocycles. The maximum absolute atomic E-state index is 12.4. The van der Waals surface area contributed by atoms with Crippen LogP contribution in [0.5, 0.6) is 5.75 Å². The molecular formula is C22H30N2O3S. The Kier molecular flexibility index (Phi) is 7.89. The molecule has 1 aliphatic heterocycles. The van der Waals surface area contributed by atoms with Crippen LogP contribution in [-0.4, -0.2) is 50.3 Å². The fraction of sp³-hybridized carbons (Fsp3) is 0.500. The van der Waals surface area contributed by atoms with Crippen molar-refractivity contribution in [2.24, 2.45) is 0 Å². The van der Waals surface area contributed by atoms with Crippen LogP contribution < -0.4 is 10.1 Å². The highest BCUT2D eigenvalue weighted by molar-refractivity contribution is 7.12. The highest BCUT2D eigenvalue weighted by Crippen LogP contribution is 2.18. The summed E-state index contributed by atoms with van der Waals surface area (Å²) in [6.45, 7) is 5.82. The number of hydrogen-bond acceptors (Lipinski definition) is 5. The second-order valence-electron chi connectivity index (χ2n) is 7.13. The molecule has 6 heteroatoms. The summed E-state index contributed by atoms with van der Waals surface area (Å²) in [6, 6.07) is 10.6. The number of ether oxygens (including phenoxy) is 2. The summed E-state index contributed by atoms with van der Waals surface area (Å²) in [4.78, 5) is 15.6. The lowest BCUT2D eigenvalue weighted by Crippen LogP contribution is -2.38. The van der Waals surface area contributed by atoms with Gasteiger partial charge in [0.15, 0.2) is 0 Å². The van der Waals surface area contributed by atoms with Crippen molar-refractivity contribution in [1.29, 1.82) is 0 Å². The average Bonchev–Trinajstić information content (AvgIpc) is 3.22. The van der Waals surface area contributed by atoms with Crippen LogP contribution >= 0.6 is 11.3 Å². The Labute approximate surface area is 171 Å². The maximum atomic E-state index is 12.4. The van der Waals surface area contributed by atoms with Gasteiger partial charge in [-0.2, -0.15) is 0 Å². The third-order valence-electron chi connectivity index (χ3n) is 5.21. The van der Waals surface area contributed by atoms with Crippen molar-refractivity contribution in [3.05, 3.63) is 51.7 Å². The molecule has 0 saturated carbocycles. The number of amides is 1. The molecule has 28 heavy (non-hydrogen) atoms. The zero-order valence-electron chi connectivity index (χ0n) is 16.8. The van der Waals surface area contributed by atoms with Gasteiger partial charge in [0, 0.05) is 32.3 Å². The maximum Gasteiger partial charge on any atom is 0.261 e. The van der Waals surface area contributed by atoms with Crippen LogP contribution in [0.15, 0.2) is 35.7 Å². The normalized spacial score (nSPS) is 15.0. The molecule has 0 bridgehead atoms. The van der Waals surface area contributed by atoms with Gasteiger partial charge in [0.25, 0.3) is 5.91 Å². The van der Waals surface area contributed by atoms with Gasteiger partial charge < -0.3 is 14.8 Å². The highest BCUT2D eigenvalue weighted by Gasteiger charge is 2.18. The summed E-state index contributed by atoms with van der Waals surface area (Å²) >= 11 is 1.50. The van der Waals surface area contributed by atoms with Crippen molar-refractivity contribution in [2.45, 2.75) is 38.8 Å². The topological polar surface area (TPSA) is 50.8 Å². The summed E-state index contributed by atoms with van der Waals surface area (Å²) < 4.78 is 11.4. The van der Waals surface area contributed by atoms with E-state index in [9.17, 15) is 4.79 Å². The second kappa shape index (κ2) is 10.6. The van der Waals surface area contributed by atoms with Crippen molar-refractivity contribution >= 4 is 17.2 Å². The number of hydrogen-bond donors (Lipinski definition) is 1. The van der Waals surface area contributed by atoms with Gasteiger partial charge in [-0.15, -0.1) is 11.3 Å². The van der Waals surface area contributed by atoms with E-state index >= 15 is 0 Å². The number of aryl methyl sites for hydroxylation is 1. The lowest BCUT2D eigenvalue weighted by molar-refractivity contribution is 0.0392. The Morgan fingerprint density at radius 3 is 2.93 bits per heavy atom. The van der Waals surface area contributed by atoms with E-state index in [0.29, 0.717) is 19.2 Å². The Morgan fingerprint density at radius 1 is 1.32 bits per heavy atom. The molecule has 1 fully saturated rings. The minimum atomic E-state index is -0.00347. The third kappa shape index (κ3) is 5.80. The van der Waals surface area contributed by atoms with Crippen LogP contribution in [0.3, 0.4) is 0 Å². The summed E-state index contributed by atoms with van der Waals surface area (Å²) in [5.41, 5.74) is 2.14. The number of nitrogens with zero attached hydrogens (tertiary/aromatic N) is 1. The zero-order valence-corrected chi connectivity index (χ0v) is 17.6. The highest BCUT2D eigenvalue weighted by atomic mass is 32.1. The van der Waals surface area contributed by atoms with Crippen LogP contribution in [0.2, 0.25) is 0 Å². The van der Waals surface area contributed by atoms with Gasteiger partial charge in [-0.05, 0) is 61.0 Å². The molecule has 1 saturated heterocycles. The summed E-state index contributed by atoms with van der Waals surface area (Å²) in [5.74, 6) is 0.841. The fourth-order valence-corrected chi connectivity index (χ4v) is 4.35. The molecule has 2 aromatic rings. The van der Waals surface area contributed by atoms with E-state index in [4.69, 9.17) is 9.47 Å². The first-order chi connectivity index (χ1) is 13.7. The van der Waals surface area contributed by atoms with Crippen molar-refractivity contribution in [3.63, 3.8) is 0 Å². The van der Waals surface area contributed by atoms with Crippen molar-refractivity contribution in [3.8, 4) is 5.75 Å². The molecule has 3 rings (SSSR count). The lowest BCUT2D eigenvalue weighted by atomic mass is 10.1. The molecule has 5 nitrogen and oxygen atoms in total. The molecular weight excluding hydrogens is 372 g/mol. The van der Waals surface area contributed by atoms with Crippen molar-refractivity contribution in [2.75, 3.05) is 33.4 Å². The Morgan fingerprint density at radius 2 is 2.14 bits per heavy atom. The Balaban J connectivity index is 1.45. The molecule has 0 atom stereocenters. The SMILES string of the molecule is CCc1ccsc1C(=O)NCc1cccc(OCCN(C)C2CCOCC2)c1. The van der Waals surface area contributed by atoms with E-state index in [2.05, 4.69) is 24.2 Å². The first kappa shape index (κ1) is 20.8. The van der Waals surface area contributed by atoms with E-state index in [-0.39, 0.29) is 5.91 Å². The Bertz CT molecular complexity index is 756. The van der Waals surface area contributed by atoms with E-state index in [1.165, 1.54) is 11.3 Å². The molecule has 0 radical (unpaired) electrons. The lowest BCUT2D eigenvalue weighted by Gasteiger charge is -2.31. The van der Waals surface area contributed by atoms with Crippen LogP contribution in [0, 0.1) is 0 Å². The number of carbonyl (C=O) groups is 1. The van der Waals surface area contributed by atoms with Crippen molar-refractivity contribution < 1.29 is 14.3 Å². The average molecular weight is 403 g/mol. The van der Waals surface area contributed by atoms with Gasteiger partial charge in [0.1, 0.15) is 12.4 Å². The van der Waals surface area contributed by atoms with Gasteiger partial charge >= 0.3 is 0 Å². The molecule has 1 amide bonds. The molecule has 0 aliphatic carbocycles. The molecule has 1 aliphatic rings. The Hall–Kier alpha value is -1.89. The number of carbonyl (C=O) groups excluding carboxylic acids is 1. The van der Waals surface area contributed by atoms with Crippen LogP contribution in [0.1, 0.15) is 40.6 Å². The van der Waals surface area contributed by atoms with Crippen LogP contribution in [-0.2, 0) is 17.7 Å². The van der Waals surface area contributed by atoms with Gasteiger partial charge in [0.2, 0.25) is 0 Å². The number of likely N-dealkylation sites (N-methyl/N-ethyl adjacent to an activating group) is 1. The first-order valence-electron chi connectivity index (χ1n) is 10.0. The molecule has 0 unspecified atom stereocenters. The van der Waals surface area contributed by atoms with E-state index in [1.807, 2.05) is 35.7 Å². The van der Waals surface area contributed by atoms with Gasteiger partial charge in [-0.25, -0.2) is 0 Å². The summed E-state index contributed by atoms with van der Waals surface area (Å²) in [6.07, 6.45) is 3.06. The van der Waals surface area contributed by atoms with E-state index in [1.54, 1.807) is 0 Å². The minimum Gasteiger partial charge on any atom is -0.492 e. The number of thiophene rings is 1. The van der Waals surface area contributed by atoms with Crippen LogP contribution in [0.25, 0.3) is 0 Å². The standard InChI is InChI=1S/C22H30N2O3S/c1-3-18-9-14-28-21(18)22(25)23-16-17-5-4-6-20(15-17)27-13-10-24(2)19-7-11-26-12-8-19/h4-6,9,14-15,19H,3,7-8,10-13,16H2,1-2H3,(H,23,25).